The van der Waals surface area contributed by atoms with Gasteiger partial charge in [0.25, 0.3) is 5.91 Å². The fourth-order valence-corrected chi connectivity index (χ4v) is 2.21. The lowest BCUT2D eigenvalue weighted by Crippen LogP contribution is -2.33. The predicted octanol–water partition coefficient (Wildman–Crippen LogP) is 0.168. The number of hydrogen-bond acceptors (Lipinski definition) is 3. The van der Waals surface area contributed by atoms with Crippen molar-refractivity contribution in [2.45, 2.75) is 6.92 Å². The van der Waals surface area contributed by atoms with E-state index in [1.54, 1.807) is 6.92 Å². The average molecular weight is 250 g/mol. The van der Waals surface area contributed by atoms with E-state index in [1.807, 2.05) is 0 Å². The Labute approximate surface area is 103 Å². The fourth-order valence-electron chi connectivity index (χ4n) is 2.21. The molecule has 1 saturated heterocycles. The zero-order chi connectivity index (χ0) is 13.3. The molecule has 1 aliphatic heterocycles. The molecule has 0 radical (unpaired) electrons. The summed E-state index contributed by atoms with van der Waals surface area (Å²) in [4.78, 5) is 38.7. The maximum atomic E-state index is 12.1. The third kappa shape index (κ3) is 2.13. The van der Waals surface area contributed by atoms with E-state index in [2.05, 4.69) is 4.98 Å². The molecule has 2 N–H and O–H groups in total. The molecule has 0 saturated carbocycles. The number of aromatic nitrogens is 1. The molecule has 1 fully saturated rings. The number of amides is 1. The lowest BCUT2D eigenvalue weighted by atomic mass is 9.99. The number of carbonyl (C=O) groups is 2. The number of pyridine rings is 1. The number of carboxylic acids is 1. The van der Waals surface area contributed by atoms with Crippen molar-refractivity contribution < 1.29 is 14.7 Å². The molecule has 0 bridgehead atoms. The number of H-pyrrole nitrogens is 1. The molecule has 1 aromatic rings. The monoisotopic (exact) mass is 250 g/mol. The lowest BCUT2D eigenvalue weighted by molar-refractivity contribution is -0.142. The van der Waals surface area contributed by atoms with E-state index in [-0.39, 0.29) is 23.5 Å². The summed E-state index contributed by atoms with van der Waals surface area (Å²) in [6.07, 6.45) is 2.80. The summed E-state index contributed by atoms with van der Waals surface area (Å²) in [5, 5.41) is 9.00. The van der Waals surface area contributed by atoms with Gasteiger partial charge >= 0.3 is 5.97 Å². The van der Waals surface area contributed by atoms with Gasteiger partial charge in [0.05, 0.1) is 5.92 Å². The Morgan fingerprint density at radius 2 is 2.17 bits per heavy atom. The van der Waals surface area contributed by atoms with E-state index < -0.39 is 17.8 Å². The average Bonchev–Trinajstić information content (AvgIpc) is 2.71. The zero-order valence-corrected chi connectivity index (χ0v) is 9.92. The largest absolute Gasteiger partial charge is 0.481 e. The highest BCUT2D eigenvalue weighted by Gasteiger charge is 2.37. The topological polar surface area (TPSA) is 90.5 Å². The second-order valence-electron chi connectivity index (χ2n) is 4.55. The number of carboxylic acid groups (broad SMARTS) is 1. The molecule has 0 unspecified atom stereocenters. The Kier molecular flexibility index (Phi) is 3.18. The van der Waals surface area contributed by atoms with Gasteiger partial charge in [-0.2, -0.15) is 0 Å². The maximum Gasteiger partial charge on any atom is 0.308 e. The predicted molar refractivity (Wildman–Crippen MR) is 63.3 cm³/mol. The SMILES string of the molecule is C[C@@H]1CN(C(=O)c2c[nH]ccc2=O)C[C@H]1C(=O)O. The van der Waals surface area contributed by atoms with Crippen LogP contribution >= 0.6 is 0 Å². The number of nitrogens with one attached hydrogen (secondary N) is 1. The minimum absolute atomic E-state index is 0.0516. The first-order chi connectivity index (χ1) is 8.50. The summed E-state index contributed by atoms with van der Waals surface area (Å²) in [6.45, 7) is 2.31. The molecule has 1 amide bonds. The van der Waals surface area contributed by atoms with Crippen molar-refractivity contribution in [3.05, 3.63) is 34.2 Å². The van der Waals surface area contributed by atoms with Crippen LogP contribution in [0.5, 0.6) is 0 Å². The molecule has 1 aliphatic rings. The molecule has 6 heteroatoms. The Bertz CT molecular complexity index is 537. The Balaban J connectivity index is 2.20. The quantitative estimate of drug-likeness (QED) is 0.782. The molecule has 0 spiro atoms. The highest BCUT2D eigenvalue weighted by molar-refractivity contribution is 5.94. The van der Waals surface area contributed by atoms with Crippen molar-refractivity contribution in [1.82, 2.24) is 9.88 Å². The molecule has 1 aromatic heterocycles. The normalized spacial score (nSPS) is 23.1. The van der Waals surface area contributed by atoms with Crippen molar-refractivity contribution in [2.75, 3.05) is 13.1 Å². The number of rotatable bonds is 2. The summed E-state index contributed by atoms with van der Waals surface area (Å²) in [7, 11) is 0. The minimum atomic E-state index is -0.903. The standard InChI is InChI=1S/C12H14N2O4/c1-7-5-14(6-9(7)12(17)18)11(16)8-4-13-3-2-10(8)15/h2-4,7,9H,5-6H2,1H3,(H,13,15)(H,17,18)/t7-,9-/m1/s1. The van der Waals surface area contributed by atoms with Crippen LogP contribution in [0, 0.1) is 11.8 Å². The minimum Gasteiger partial charge on any atom is -0.481 e. The van der Waals surface area contributed by atoms with Crippen LogP contribution < -0.4 is 5.43 Å². The van der Waals surface area contributed by atoms with Gasteiger partial charge in [-0.3, -0.25) is 14.4 Å². The summed E-state index contributed by atoms with van der Waals surface area (Å²) in [5.74, 6) is -1.97. The third-order valence-electron chi connectivity index (χ3n) is 3.27. The molecule has 2 atom stereocenters. The van der Waals surface area contributed by atoms with Gasteiger partial charge in [0.2, 0.25) is 0 Å². The molecule has 0 aromatic carbocycles. The van der Waals surface area contributed by atoms with E-state index >= 15 is 0 Å². The number of carbonyl (C=O) groups excluding carboxylic acids is 1. The van der Waals surface area contributed by atoms with Crippen LogP contribution in [-0.4, -0.2) is 40.0 Å². The third-order valence-corrected chi connectivity index (χ3v) is 3.27. The lowest BCUT2D eigenvalue weighted by Gasteiger charge is -2.15. The highest BCUT2D eigenvalue weighted by Crippen LogP contribution is 2.23. The number of nitrogens with zero attached hydrogens (tertiary/aromatic N) is 1. The highest BCUT2D eigenvalue weighted by atomic mass is 16.4. The summed E-state index contributed by atoms with van der Waals surface area (Å²) < 4.78 is 0. The van der Waals surface area contributed by atoms with Gasteiger partial charge in [-0.1, -0.05) is 6.92 Å². The van der Waals surface area contributed by atoms with Gasteiger partial charge in [-0.25, -0.2) is 0 Å². The van der Waals surface area contributed by atoms with Crippen molar-refractivity contribution >= 4 is 11.9 Å². The van der Waals surface area contributed by atoms with Gasteiger partial charge in [-0.05, 0) is 5.92 Å². The molecular weight excluding hydrogens is 236 g/mol. The van der Waals surface area contributed by atoms with Gasteiger partial charge in [0.1, 0.15) is 5.56 Å². The molecule has 96 valence electrons. The van der Waals surface area contributed by atoms with Crippen LogP contribution in [0.15, 0.2) is 23.3 Å². The van der Waals surface area contributed by atoms with Crippen molar-refractivity contribution in [3.63, 3.8) is 0 Å². The van der Waals surface area contributed by atoms with Crippen molar-refractivity contribution in [2.24, 2.45) is 11.8 Å². The van der Waals surface area contributed by atoms with Gasteiger partial charge in [0, 0.05) is 31.5 Å². The molecular formula is C12H14N2O4. The summed E-state index contributed by atoms with van der Waals surface area (Å²) in [5.41, 5.74) is -0.305. The number of aromatic amines is 1. The van der Waals surface area contributed by atoms with Crippen LogP contribution in [0.3, 0.4) is 0 Å². The van der Waals surface area contributed by atoms with Crippen LogP contribution in [-0.2, 0) is 4.79 Å². The van der Waals surface area contributed by atoms with Crippen LogP contribution in [0.1, 0.15) is 17.3 Å². The first kappa shape index (κ1) is 12.3. The van der Waals surface area contributed by atoms with E-state index in [0.717, 1.165) is 0 Å². The Morgan fingerprint density at radius 1 is 1.44 bits per heavy atom. The summed E-state index contributed by atoms with van der Waals surface area (Å²) in [6, 6.07) is 1.28. The van der Waals surface area contributed by atoms with Crippen molar-refractivity contribution in [3.8, 4) is 0 Å². The molecule has 2 heterocycles. The van der Waals surface area contributed by atoms with Crippen LogP contribution in [0.2, 0.25) is 0 Å². The Morgan fingerprint density at radius 3 is 2.72 bits per heavy atom. The zero-order valence-electron chi connectivity index (χ0n) is 9.92. The number of aliphatic carboxylic acids is 1. The summed E-state index contributed by atoms with van der Waals surface area (Å²) >= 11 is 0. The smallest absolute Gasteiger partial charge is 0.308 e. The van der Waals surface area contributed by atoms with Gasteiger partial charge in [-0.15, -0.1) is 0 Å². The molecule has 2 rings (SSSR count). The first-order valence-corrected chi connectivity index (χ1v) is 5.70. The Hall–Kier alpha value is -2.11. The molecule has 18 heavy (non-hydrogen) atoms. The van der Waals surface area contributed by atoms with E-state index in [1.165, 1.54) is 23.4 Å². The van der Waals surface area contributed by atoms with E-state index in [0.29, 0.717) is 6.54 Å². The molecule has 0 aliphatic carbocycles. The van der Waals surface area contributed by atoms with Gasteiger partial charge < -0.3 is 15.0 Å². The van der Waals surface area contributed by atoms with Crippen molar-refractivity contribution in [1.29, 1.82) is 0 Å². The van der Waals surface area contributed by atoms with Crippen LogP contribution in [0.25, 0.3) is 0 Å². The second-order valence-corrected chi connectivity index (χ2v) is 4.55. The second kappa shape index (κ2) is 4.64. The first-order valence-electron chi connectivity index (χ1n) is 5.70. The van der Waals surface area contributed by atoms with E-state index in [9.17, 15) is 14.4 Å². The maximum absolute atomic E-state index is 12.1. The number of likely N-dealkylation sites (tertiary alicyclic amines) is 1. The number of hydrogen-bond donors (Lipinski definition) is 2. The van der Waals surface area contributed by atoms with Gasteiger partial charge in [0.15, 0.2) is 5.43 Å². The van der Waals surface area contributed by atoms with Crippen LogP contribution in [0.4, 0.5) is 0 Å². The fraction of sp³-hybridized carbons (Fsp3) is 0.417. The van der Waals surface area contributed by atoms with E-state index in [4.69, 9.17) is 5.11 Å². The molecule has 6 nitrogen and oxygen atoms in total.